The summed E-state index contributed by atoms with van der Waals surface area (Å²) < 4.78 is 0. The number of unbranched alkanes of at least 4 members (excludes halogenated alkanes) is 1. The summed E-state index contributed by atoms with van der Waals surface area (Å²) in [4.78, 5) is 4.29. The third-order valence-corrected chi connectivity index (χ3v) is 2.41. The van der Waals surface area contributed by atoms with Gasteiger partial charge in [-0.25, -0.2) is 0 Å². The van der Waals surface area contributed by atoms with Crippen LogP contribution >= 0.6 is 0 Å². The zero-order chi connectivity index (χ0) is 11.8. The second-order valence-corrected chi connectivity index (χ2v) is 3.81. The van der Waals surface area contributed by atoms with Crippen molar-refractivity contribution in [1.82, 2.24) is 0 Å². The Morgan fingerprint density at radius 1 is 1.62 bits per heavy atom. The van der Waals surface area contributed by atoms with Crippen LogP contribution in [0.4, 0.5) is 0 Å². The zero-order valence-electron chi connectivity index (χ0n) is 9.59. The minimum absolute atomic E-state index is 0.285. The van der Waals surface area contributed by atoms with E-state index in [0.717, 1.165) is 12.1 Å². The molecule has 1 rings (SSSR count). The first-order valence-corrected chi connectivity index (χ1v) is 5.50. The van der Waals surface area contributed by atoms with Gasteiger partial charge in [-0.15, -0.1) is 0 Å². The van der Waals surface area contributed by atoms with Crippen LogP contribution in [0.3, 0.4) is 0 Å². The maximum atomic E-state index is 7.75. The van der Waals surface area contributed by atoms with E-state index in [2.05, 4.69) is 16.8 Å². The fourth-order valence-corrected chi connectivity index (χ4v) is 1.28. The lowest BCUT2D eigenvalue weighted by Crippen LogP contribution is -2.15. The monoisotopic (exact) mass is 215 g/mol. The Bertz CT molecular complexity index is 380. The van der Waals surface area contributed by atoms with Crippen LogP contribution in [-0.2, 0) is 0 Å². The normalized spacial score (nSPS) is 22.2. The van der Waals surface area contributed by atoms with Crippen molar-refractivity contribution in [2.45, 2.75) is 26.2 Å². The number of hydrogen-bond donors (Lipinski definition) is 2. The molecule has 3 nitrogen and oxygen atoms in total. The fraction of sp³-hybridized carbons (Fsp3) is 0.462. The third-order valence-electron chi connectivity index (χ3n) is 2.41. The van der Waals surface area contributed by atoms with Gasteiger partial charge in [0.2, 0.25) is 0 Å². The highest BCUT2D eigenvalue weighted by atomic mass is 14.8. The van der Waals surface area contributed by atoms with Crippen LogP contribution in [-0.4, -0.2) is 24.2 Å². The van der Waals surface area contributed by atoms with E-state index in [-0.39, 0.29) is 5.92 Å². The molecule has 0 amide bonds. The van der Waals surface area contributed by atoms with E-state index in [9.17, 15) is 0 Å². The highest BCUT2D eigenvalue weighted by Gasteiger charge is 2.08. The maximum Gasteiger partial charge on any atom is 0.107 e. The summed E-state index contributed by atoms with van der Waals surface area (Å²) in [7, 11) is 0. The lowest BCUT2D eigenvalue weighted by atomic mass is 10.00. The molecule has 1 atom stereocenters. The van der Waals surface area contributed by atoms with Crippen LogP contribution in [0.25, 0.3) is 0 Å². The second kappa shape index (κ2) is 6.73. The first-order valence-electron chi connectivity index (χ1n) is 5.50. The SMILES string of the molecule is CC1C/C=C/C(C#CCCC=N)=NCC1=N. The van der Waals surface area contributed by atoms with E-state index >= 15 is 0 Å². The lowest BCUT2D eigenvalue weighted by molar-refractivity contribution is 0.770. The van der Waals surface area contributed by atoms with Crippen LogP contribution in [0, 0.1) is 28.6 Å². The van der Waals surface area contributed by atoms with E-state index in [1.807, 2.05) is 19.1 Å². The molecule has 3 heteroatoms. The maximum absolute atomic E-state index is 7.75. The van der Waals surface area contributed by atoms with Crippen molar-refractivity contribution >= 4 is 17.6 Å². The van der Waals surface area contributed by atoms with Gasteiger partial charge in [0.05, 0.1) is 6.54 Å². The van der Waals surface area contributed by atoms with Gasteiger partial charge in [0.25, 0.3) is 0 Å². The van der Waals surface area contributed by atoms with Crippen molar-refractivity contribution in [1.29, 1.82) is 10.8 Å². The first-order chi connectivity index (χ1) is 7.74. The molecule has 2 N–H and O–H groups in total. The summed E-state index contributed by atoms with van der Waals surface area (Å²) in [5.74, 6) is 6.23. The predicted octanol–water partition coefficient (Wildman–Crippen LogP) is 2.48. The third kappa shape index (κ3) is 4.22. The molecule has 0 aromatic carbocycles. The van der Waals surface area contributed by atoms with E-state index < -0.39 is 0 Å². The number of hydrogen-bond acceptors (Lipinski definition) is 3. The Labute approximate surface area is 96.7 Å². The fourth-order valence-electron chi connectivity index (χ4n) is 1.28. The molecule has 0 radical (unpaired) electrons. The minimum atomic E-state index is 0.285. The topological polar surface area (TPSA) is 60.1 Å². The van der Waals surface area contributed by atoms with Gasteiger partial charge < -0.3 is 10.8 Å². The summed E-state index contributed by atoms with van der Waals surface area (Å²) in [5, 5.41) is 14.6. The van der Waals surface area contributed by atoms with E-state index in [1.165, 1.54) is 6.21 Å². The van der Waals surface area contributed by atoms with Crippen LogP contribution < -0.4 is 0 Å². The molecule has 1 heterocycles. The Kier molecular flexibility index (Phi) is 5.21. The summed E-state index contributed by atoms with van der Waals surface area (Å²) in [6.07, 6.45) is 7.60. The summed E-state index contributed by atoms with van der Waals surface area (Å²) in [6.45, 7) is 2.50. The van der Waals surface area contributed by atoms with Crippen molar-refractivity contribution in [2.24, 2.45) is 10.9 Å². The number of rotatable bonds is 2. The standard InChI is InChI=1S/C13H17N3/c1-11-6-5-8-12(16-10-13(11)15)7-3-2-4-9-14/h5,8-9,11,14-15H,2,4,6,10H2,1H3/b8-5+,14-9?,15-13?,16-12?. The number of aliphatic imine (C=N–C) groups is 1. The Balaban J connectivity index is 2.61. The largest absolute Gasteiger partial charge is 0.313 e. The first kappa shape index (κ1) is 12.4. The summed E-state index contributed by atoms with van der Waals surface area (Å²) in [6, 6.07) is 0. The van der Waals surface area contributed by atoms with E-state index in [1.54, 1.807) is 0 Å². The molecule has 0 saturated carbocycles. The zero-order valence-corrected chi connectivity index (χ0v) is 9.59. The highest BCUT2D eigenvalue weighted by molar-refractivity contribution is 6.09. The number of nitrogens with one attached hydrogen (secondary N) is 2. The summed E-state index contributed by atoms with van der Waals surface area (Å²) >= 11 is 0. The number of nitrogens with zero attached hydrogens (tertiary/aromatic N) is 1. The van der Waals surface area contributed by atoms with Crippen LogP contribution in [0.1, 0.15) is 26.2 Å². The lowest BCUT2D eigenvalue weighted by Gasteiger charge is -2.10. The molecule has 1 aliphatic rings. The molecule has 0 aliphatic carbocycles. The van der Waals surface area contributed by atoms with Gasteiger partial charge in [0, 0.05) is 12.1 Å². The molecular weight excluding hydrogens is 198 g/mol. The van der Waals surface area contributed by atoms with Crippen molar-refractivity contribution in [3.05, 3.63) is 12.2 Å². The molecule has 16 heavy (non-hydrogen) atoms. The molecule has 0 aromatic rings. The van der Waals surface area contributed by atoms with Gasteiger partial charge in [-0.3, -0.25) is 4.99 Å². The number of allylic oxidation sites excluding steroid dienone is 2. The molecule has 1 unspecified atom stereocenters. The van der Waals surface area contributed by atoms with Crippen LogP contribution in [0.2, 0.25) is 0 Å². The molecule has 0 aromatic heterocycles. The van der Waals surface area contributed by atoms with Gasteiger partial charge in [0.1, 0.15) is 5.71 Å². The van der Waals surface area contributed by atoms with Gasteiger partial charge in [-0.2, -0.15) is 0 Å². The van der Waals surface area contributed by atoms with E-state index in [4.69, 9.17) is 10.8 Å². The molecule has 0 bridgehead atoms. The molecule has 84 valence electrons. The van der Waals surface area contributed by atoms with Crippen molar-refractivity contribution < 1.29 is 0 Å². The van der Waals surface area contributed by atoms with Gasteiger partial charge in [-0.05, 0) is 37.0 Å². The minimum Gasteiger partial charge on any atom is -0.313 e. The van der Waals surface area contributed by atoms with Gasteiger partial charge in [0.15, 0.2) is 0 Å². The Morgan fingerprint density at radius 3 is 3.19 bits per heavy atom. The highest BCUT2D eigenvalue weighted by Crippen LogP contribution is 2.07. The Hall–Kier alpha value is -1.69. The van der Waals surface area contributed by atoms with Gasteiger partial charge >= 0.3 is 0 Å². The van der Waals surface area contributed by atoms with E-state index in [0.29, 0.717) is 25.1 Å². The molecule has 0 saturated heterocycles. The average molecular weight is 215 g/mol. The van der Waals surface area contributed by atoms with Crippen LogP contribution in [0.15, 0.2) is 17.1 Å². The Morgan fingerprint density at radius 2 is 2.44 bits per heavy atom. The molecule has 0 spiro atoms. The van der Waals surface area contributed by atoms with Crippen LogP contribution in [0.5, 0.6) is 0 Å². The molecule has 1 aliphatic heterocycles. The summed E-state index contributed by atoms with van der Waals surface area (Å²) in [5.41, 5.74) is 1.42. The molecular formula is C13H17N3. The van der Waals surface area contributed by atoms with Gasteiger partial charge in [-0.1, -0.05) is 18.9 Å². The molecule has 0 fully saturated rings. The van der Waals surface area contributed by atoms with Crippen molar-refractivity contribution in [3.63, 3.8) is 0 Å². The second-order valence-electron chi connectivity index (χ2n) is 3.81. The smallest absolute Gasteiger partial charge is 0.107 e. The predicted molar refractivity (Wildman–Crippen MR) is 68.7 cm³/mol. The van der Waals surface area contributed by atoms with Crippen molar-refractivity contribution in [3.8, 4) is 11.8 Å². The quantitative estimate of drug-likeness (QED) is 0.404. The average Bonchev–Trinajstić information content (AvgIpc) is 2.28. The van der Waals surface area contributed by atoms with Crippen molar-refractivity contribution in [2.75, 3.05) is 6.54 Å².